The number of thioether (sulfide) groups is 1. The van der Waals surface area contributed by atoms with Gasteiger partial charge in [0.15, 0.2) is 10.3 Å². The number of amides is 1. The summed E-state index contributed by atoms with van der Waals surface area (Å²) >= 11 is 7.40. The first-order chi connectivity index (χ1) is 13.1. The van der Waals surface area contributed by atoms with Crippen molar-refractivity contribution in [2.75, 3.05) is 5.32 Å². The lowest BCUT2D eigenvalue weighted by Crippen LogP contribution is -2.23. The van der Waals surface area contributed by atoms with E-state index in [1.807, 2.05) is 37.3 Å². The molecule has 1 aliphatic rings. The molecule has 2 heterocycles. The zero-order valence-corrected chi connectivity index (χ0v) is 16.2. The lowest BCUT2D eigenvalue weighted by atomic mass is 10.3. The molecule has 6 nitrogen and oxygen atoms in total. The Morgan fingerprint density at radius 2 is 2.00 bits per heavy atom. The van der Waals surface area contributed by atoms with Crippen LogP contribution in [0.5, 0.6) is 0 Å². The van der Waals surface area contributed by atoms with Gasteiger partial charge in [0.1, 0.15) is 5.82 Å². The molecule has 2 aromatic heterocycles. The van der Waals surface area contributed by atoms with E-state index in [1.165, 1.54) is 11.8 Å². The summed E-state index contributed by atoms with van der Waals surface area (Å²) in [7, 11) is 0. The molecule has 1 unspecified atom stereocenters. The van der Waals surface area contributed by atoms with Crippen LogP contribution >= 0.6 is 23.4 Å². The first-order valence-electron chi connectivity index (χ1n) is 8.72. The van der Waals surface area contributed by atoms with Gasteiger partial charge in [-0.3, -0.25) is 9.36 Å². The first-order valence-corrected chi connectivity index (χ1v) is 9.98. The van der Waals surface area contributed by atoms with Gasteiger partial charge in [-0.25, -0.2) is 4.98 Å². The van der Waals surface area contributed by atoms with Crippen molar-refractivity contribution in [1.29, 1.82) is 0 Å². The maximum absolute atomic E-state index is 12.6. The van der Waals surface area contributed by atoms with Crippen LogP contribution in [0, 0.1) is 0 Å². The molecule has 1 N–H and O–H groups in total. The third kappa shape index (κ3) is 3.99. The molecule has 0 saturated heterocycles. The molecule has 1 aliphatic carbocycles. The quantitative estimate of drug-likeness (QED) is 0.493. The van der Waals surface area contributed by atoms with Crippen molar-refractivity contribution in [3.63, 3.8) is 0 Å². The number of hydrogen-bond donors (Lipinski definition) is 1. The molecule has 1 atom stereocenters. The summed E-state index contributed by atoms with van der Waals surface area (Å²) in [5.74, 6) is 1.25. The maximum atomic E-state index is 12.6. The average molecular weight is 400 g/mol. The lowest BCUT2D eigenvalue weighted by Gasteiger charge is -2.14. The molecule has 1 saturated carbocycles. The third-order valence-corrected chi connectivity index (χ3v) is 5.63. The number of nitrogens with zero attached hydrogens (tertiary/aromatic N) is 4. The van der Waals surface area contributed by atoms with Crippen LogP contribution in [-0.2, 0) is 4.79 Å². The van der Waals surface area contributed by atoms with Crippen LogP contribution in [-0.4, -0.2) is 30.9 Å². The van der Waals surface area contributed by atoms with E-state index in [4.69, 9.17) is 11.6 Å². The summed E-state index contributed by atoms with van der Waals surface area (Å²) in [5.41, 5.74) is 1.51. The Hall–Kier alpha value is -2.38. The Bertz CT molecular complexity index is 958. The summed E-state index contributed by atoms with van der Waals surface area (Å²) in [6.45, 7) is 1.84. The van der Waals surface area contributed by atoms with E-state index < -0.39 is 0 Å². The molecule has 0 spiro atoms. The van der Waals surface area contributed by atoms with E-state index >= 15 is 0 Å². The van der Waals surface area contributed by atoms with Crippen LogP contribution in [0.15, 0.2) is 53.8 Å². The molecule has 4 rings (SSSR count). The van der Waals surface area contributed by atoms with Gasteiger partial charge in [-0.05, 0) is 44.0 Å². The summed E-state index contributed by atoms with van der Waals surface area (Å²) in [6.07, 6.45) is 3.84. The predicted molar refractivity (Wildman–Crippen MR) is 107 cm³/mol. The Morgan fingerprint density at radius 3 is 2.70 bits per heavy atom. The maximum Gasteiger partial charge on any atom is 0.237 e. The number of carbonyl (C=O) groups excluding carboxylic acids is 1. The molecular formula is C19H18ClN5OS. The van der Waals surface area contributed by atoms with E-state index in [0.717, 1.165) is 24.4 Å². The summed E-state index contributed by atoms with van der Waals surface area (Å²) in [6, 6.07) is 13.5. The van der Waals surface area contributed by atoms with Gasteiger partial charge in [0.2, 0.25) is 5.91 Å². The fraction of sp³-hybridized carbons (Fsp3) is 0.263. The minimum atomic E-state index is -0.375. The van der Waals surface area contributed by atoms with Crippen molar-refractivity contribution in [3.05, 3.63) is 59.6 Å². The monoisotopic (exact) mass is 399 g/mol. The summed E-state index contributed by atoms with van der Waals surface area (Å²) in [5, 5.41) is 12.2. The predicted octanol–water partition coefficient (Wildman–Crippen LogP) is 4.31. The normalized spacial score (nSPS) is 14.7. The topological polar surface area (TPSA) is 72.7 Å². The highest BCUT2D eigenvalue weighted by atomic mass is 35.5. The number of rotatable bonds is 6. The highest BCUT2D eigenvalue weighted by molar-refractivity contribution is 8.00. The number of halogens is 1. The molecule has 3 aromatic rings. The molecule has 8 heteroatoms. The van der Waals surface area contributed by atoms with Gasteiger partial charge in [0.25, 0.3) is 0 Å². The highest BCUT2D eigenvalue weighted by Crippen LogP contribution is 2.41. The van der Waals surface area contributed by atoms with E-state index in [9.17, 15) is 4.79 Å². The van der Waals surface area contributed by atoms with E-state index in [-0.39, 0.29) is 16.3 Å². The largest absolute Gasteiger partial charge is 0.322 e. The van der Waals surface area contributed by atoms with Gasteiger partial charge in [-0.15, -0.1) is 10.2 Å². The molecule has 27 heavy (non-hydrogen) atoms. The van der Waals surface area contributed by atoms with E-state index in [0.29, 0.717) is 16.8 Å². The lowest BCUT2D eigenvalue weighted by molar-refractivity contribution is -0.115. The van der Waals surface area contributed by atoms with Gasteiger partial charge in [0, 0.05) is 17.8 Å². The average Bonchev–Trinajstić information content (AvgIpc) is 3.45. The molecule has 0 aliphatic heterocycles. The van der Waals surface area contributed by atoms with Crippen molar-refractivity contribution in [3.8, 4) is 5.69 Å². The van der Waals surface area contributed by atoms with Crippen LogP contribution < -0.4 is 5.32 Å². The van der Waals surface area contributed by atoms with Crippen LogP contribution in [0.3, 0.4) is 0 Å². The van der Waals surface area contributed by atoms with Gasteiger partial charge >= 0.3 is 0 Å². The fourth-order valence-corrected chi connectivity index (χ4v) is 3.75. The molecule has 0 bridgehead atoms. The van der Waals surface area contributed by atoms with Crippen molar-refractivity contribution in [2.45, 2.75) is 36.1 Å². The Labute approximate surface area is 166 Å². The van der Waals surface area contributed by atoms with Crippen molar-refractivity contribution < 1.29 is 4.79 Å². The molecule has 0 radical (unpaired) electrons. The van der Waals surface area contributed by atoms with Gasteiger partial charge in [-0.1, -0.05) is 41.6 Å². The minimum absolute atomic E-state index is 0.162. The number of nitrogens with one attached hydrogen (secondary N) is 1. The number of aromatic nitrogens is 4. The third-order valence-electron chi connectivity index (χ3n) is 4.28. The number of anilines is 1. The molecule has 1 amide bonds. The van der Waals surface area contributed by atoms with Gasteiger partial charge < -0.3 is 5.32 Å². The first kappa shape index (κ1) is 18.0. The smallest absolute Gasteiger partial charge is 0.237 e. The number of benzene rings is 1. The second-order valence-electron chi connectivity index (χ2n) is 6.38. The van der Waals surface area contributed by atoms with Crippen molar-refractivity contribution in [2.24, 2.45) is 0 Å². The van der Waals surface area contributed by atoms with Crippen LogP contribution in [0.25, 0.3) is 5.69 Å². The second kappa shape index (κ2) is 7.70. The summed E-state index contributed by atoms with van der Waals surface area (Å²) in [4.78, 5) is 16.6. The minimum Gasteiger partial charge on any atom is -0.322 e. The van der Waals surface area contributed by atoms with Crippen LogP contribution in [0.1, 0.15) is 31.5 Å². The van der Waals surface area contributed by atoms with Gasteiger partial charge in [-0.2, -0.15) is 0 Å². The van der Waals surface area contributed by atoms with Crippen molar-refractivity contribution in [1.82, 2.24) is 19.7 Å². The van der Waals surface area contributed by atoms with Crippen LogP contribution in [0.2, 0.25) is 5.15 Å². The summed E-state index contributed by atoms with van der Waals surface area (Å²) < 4.78 is 2.06. The second-order valence-corrected chi connectivity index (χ2v) is 8.04. The number of para-hydroxylation sites is 1. The Kier molecular flexibility index (Phi) is 5.13. The highest BCUT2D eigenvalue weighted by Gasteiger charge is 2.31. The Balaban J connectivity index is 1.55. The molecule has 138 valence electrons. The number of pyridine rings is 1. The fourth-order valence-electron chi connectivity index (χ4n) is 2.71. The molecule has 1 fully saturated rings. The van der Waals surface area contributed by atoms with E-state index in [1.54, 1.807) is 18.3 Å². The van der Waals surface area contributed by atoms with Crippen molar-refractivity contribution >= 4 is 35.0 Å². The zero-order chi connectivity index (χ0) is 18.8. The van der Waals surface area contributed by atoms with Gasteiger partial charge in [0.05, 0.1) is 10.9 Å². The number of hydrogen-bond acceptors (Lipinski definition) is 5. The SMILES string of the molecule is CC(Sc1nnc(C2CC2)n1-c1ccccc1)C(=O)Nc1cccnc1Cl. The molecular weight excluding hydrogens is 382 g/mol. The zero-order valence-electron chi connectivity index (χ0n) is 14.7. The Morgan fingerprint density at radius 1 is 1.22 bits per heavy atom. The number of carbonyl (C=O) groups is 1. The standard InChI is InChI=1S/C19H18ClN5OS/c1-12(18(26)22-15-8-5-11-21-16(15)20)27-19-24-23-17(13-9-10-13)25(19)14-6-3-2-4-7-14/h2-8,11-13H,9-10H2,1H3,(H,22,26). The van der Waals surface area contributed by atoms with Crippen LogP contribution in [0.4, 0.5) is 5.69 Å². The molecule has 1 aromatic carbocycles. The van der Waals surface area contributed by atoms with E-state index in [2.05, 4.69) is 25.1 Å².